The van der Waals surface area contributed by atoms with Gasteiger partial charge in [-0.2, -0.15) is 0 Å². The van der Waals surface area contributed by atoms with Gasteiger partial charge >= 0.3 is 11.9 Å². The molecular weight excluding hydrogens is 1160 g/mol. The number of carbonyl (C=O) groups is 2. The molecule has 0 heterocycles. The van der Waals surface area contributed by atoms with Gasteiger partial charge in [-0.3, -0.25) is 14.2 Å². The Kier molecular flexibility index (Phi) is 70.2. The number of allylic oxidation sites excluding steroid dienone is 14. The molecule has 2 atom stereocenters. The van der Waals surface area contributed by atoms with Gasteiger partial charge in [0.15, 0.2) is 6.10 Å². The van der Waals surface area contributed by atoms with Crippen molar-refractivity contribution in [2.45, 2.75) is 380 Å². The number of hydrogen-bond acceptors (Lipinski definition) is 8. The molecule has 0 spiro atoms. The number of unbranched alkanes of at least 4 members (excludes halogenated alkanes) is 45. The van der Waals surface area contributed by atoms with Crippen molar-refractivity contribution in [1.29, 1.82) is 0 Å². The smallest absolute Gasteiger partial charge is 0.306 e. The van der Waals surface area contributed by atoms with E-state index in [-0.39, 0.29) is 32.0 Å². The van der Waals surface area contributed by atoms with Crippen LogP contribution in [0.3, 0.4) is 0 Å². The van der Waals surface area contributed by atoms with E-state index in [9.17, 15) is 19.0 Å². The van der Waals surface area contributed by atoms with Crippen molar-refractivity contribution in [3.63, 3.8) is 0 Å². The molecule has 10 heteroatoms. The van der Waals surface area contributed by atoms with Crippen molar-refractivity contribution in [3.8, 4) is 0 Å². The summed E-state index contributed by atoms with van der Waals surface area (Å²) in [6.45, 7) is 4.16. The predicted molar refractivity (Wildman–Crippen MR) is 397 cm³/mol. The maximum atomic E-state index is 12.9. The Balaban J connectivity index is 3.90. The number of phosphoric acid groups is 1. The minimum Gasteiger partial charge on any atom is -0.756 e. The average molecular weight is 1310 g/mol. The minimum absolute atomic E-state index is 0.0323. The van der Waals surface area contributed by atoms with Gasteiger partial charge in [-0.05, 0) is 89.9 Å². The Hall–Kier alpha value is -2.81. The first-order valence-corrected chi connectivity index (χ1v) is 40.8. The van der Waals surface area contributed by atoms with Gasteiger partial charge in [0.1, 0.15) is 19.8 Å². The molecule has 2 unspecified atom stereocenters. The summed E-state index contributed by atoms with van der Waals surface area (Å²) in [6.07, 6.45) is 99.9. The Labute approximate surface area is 571 Å². The molecule has 0 saturated heterocycles. The highest BCUT2D eigenvalue weighted by Crippen LogP contribution is 2.38. The molecule has 0 aromatic rings. The van der Waals surface area contributed by atoms with Crippen molar-refractivity contribution in [1.82, 2.24) is 0 Å². The molecule has 0 saturated carbocycles. The number of nitrogens with zero attached hydrogens (tertiary/aromatic N) is 1. The molecule has 9 nitrogen and oxygen atoms in total. The van der Waals surface area contributed by atoms with Crippen LogP contribution in [-0.2, 0) is 32.7 Å². The maximum Gasteiger partial charge on any atom is 0.306 e. The van der Waals surface area contributed by atoms with E-state index in [2.05, 4.69) is 98.9 Å². The summed E-state index contributed by atoms with van der Waals surface area (Å²) in [5.41, 5.74) is 0. The zero-order valence-corrected chi connectivity index (χ0v) is 62.1. The summed E-state index contributed by atoms with van der Waals surface area (Å²) in [5.74, 6) is -0.823. The zero-order chi connectivity index (χ0) is 66.9. The monoisotopic (exact) mass is 1310 g/mol. The number of quaternary nitrogens is 1. The summed E-state index contributed by atoms with van der Waals surface area (Å²) < 4.78 is 34.4. The molecule has 0 bridgehead atoms. The molecule has 0 radical (unpaired) electrons. The van der Waals surface area contributed by atoms with Gasteiger partial charge < -0.3 is 27.9 Å². The van der Waals surface area contributed by atoms with Crippen LogP contribution in [0, 0.1) is 0 Å². The van der Waals surface area contributed by atoms with Gasteiger partial charge in [0.25, 0.3) is 7.82 Å². The van der Waals surface area contributed by atoms with E-state index in [0.29, 0.717) is 17.4 Å². The van der Waals surface area contributed by atoms with E-state index in [4.69, 9.17) is 18.5 Å². The lowest BCUT2D eigenvalue weighted by Crippen LogP contribution is -2.37. The topological polar surface area (TPSA) is 111 Å². The molecule has 0 aromatic heterocycles. The van der Waals surface area contributed by atoms with Gasteiger partial charge in [0.2, 0.25) is 0 Å². The van der Waals surface area contributed by atoms with E-state index in [1.807, 2.05) is 21.1 Å². The number of esters is 2. The molecule has 0 rings (SSSR count). The van der Waals surface area contributed by atoms with Crippen LogP contribution >= 0.6 is 7.82 Å². The lowest BCUT2D eigenvalue weighted by Gasteiger charge is -2.28. The molecule has 0 aromatic carbocycles. The molecule has 0 N–H and O–H groups in total. The lowest BCUT2D eigenvalue weighted by molar-refractivity contribution is -0.870. The average Bonchev–Trinajstić information content (AvgIpc) is 2.14. The normalized spacial score (nSPS) is 13.5. The number of rotatable bonds is 73. The van der Waals surface area contributed by atoms with E-state index < -0.39 is 26.5 Å². The molecule has 0 aliphatic carbocycles. The van der Waals surface area contributed by atoms with Crippen molar-refractivity contribution >= 4 is 19.8 Å². The summed E-state index contributed by atoms with van der Waals surface area (Å²) in [4.78, 5) is 38.1. The van der Waals surface area contributed by atoms with Crippen molar-refractivity contribution in [2.75, 3.05) is 47.5 Å². The third-order valence-electron chi connectivity index (χ3n) is 17.4. The first-order valence-electron chi connectivity index (χ1n) is 39.3. The Morgan fingerprint density at radius 1 is 0.348 bits per heavy atom. The molecule has 0 amide bonds. The molecule has 0 fully saturated rings. The number of phosphoric ester groups is 1. The van der Waals surface area contributed by atoms with Gasteiger partial charge in [-0.25, -0.2) is 0 Å². The number of carbonyl (C=O) groups excluding carboxylic acids is 2. The highest BCUT2D eigenvalue weighted by molar-refractivity contribution is 7.45. The zero-order valence-electron chi connectivity index (χ0n) is 61.2. The standard InChI is InChI=1S/C82H150NO8P/c1-6-8-10-12-14-16-18-20-22-24-26-28-30-32-34-35-36-37-38-39-40-41-42-43-44-45-46-47-49-50-52-54-56-58-60-62-64-66-68-70-72-74-81(84)88-78-80(79-90-92(86,87)89-77-76-83(3,4)5)91-82(85)75-73-71-69-67-65-63-61-59-57-55-53-51-48-33-31-29-27-25-23-21-19-17-15-13-11-9-7-2/h9,11,15,17-18,20-21,23-24,26-27,29,33,48,80H,6-8,10,12-14,16,19,22,25,28,30-32,34-47,49-79H2,1-5H3/b11-9-,17-15-,20-18-,23-21-,26-24-,29-27-,48-33-. The van der Waals surface area contributed by atoms with Crippen LogP contribution in [0.15, 0.2) is 85.1 Å². The van der Waals surface area contributed by atoms with Crippen LogP contribution in [0.4, 0.5) is 0 Å². The molecular formula is C82H150NO8P. The third kappa shape index (κ3) is 76.2. The highest BCUT2D eigenvalue weighted by atomic mass is 31.2. The summed E-state index contributed by atoms with van der Waals surface area (Å²) in [6, 6.07) is 0. The molecule has 536 valence electrons. The van der Waals surface area contributed by atoms with Crippen LogP contribution in [0.25, 0.3) is 0 Å². The number of likely N-dealkylation sites (N-methyl/N-ethyl adjacent to an activating group) is 1. The fourth-order valence-corrected chi connectivity index (χ4v) is 12.2. The lowest BCUT2D eigenvalue weighted by atomic mass is 10.0. The predicted octanol–water partition coefficient (Wildman–Crippen LogP) is 25.4. The van der Waals surface area contributed by atoms with Gasteiger partial charge in [0, 0.05) is 12.8 Å². The first kappa shape index (κ1) is 89.2. The second-order valence-electron chi connectivity index (χ2n) is 27.7. The van der Waals surface area contributed by atoms with Crippen molar-refractivity contribution in [3.05, 3.63) is 85.1 Å². The van der Waals surface area contributed by atoms with Gasteiger partial charge in [-0.1, -0.05) is 356 Å². The Morgan fingerprint density at radius 2 is 0.620 bits per heavy atom. The van der Waals surface area contributed by atoms with E-state index in [1.165, 1.54) is 257 Å². The second kappa shape index (κ2) is 72.5. The third-order valence-corrected chi connectivity index (χ3v) is 18.4. The van der Waals surface area contributed by atoms with E-state index in [1.54, 1.807) is 0 Å². The van der Waals surface area contributed by atoms with E-state index >= 15 is 0 Å². The van der Waals surface area contributed by atoms with Crippen LogP contribution in [0.5, 0.6) is 0 Å². The molecule has 0 aliphatic rings. The minimum atomic E-state index is -4.65. The van der Waals surface area contributed by atoms with Gasteiger partial charge in [-0.15, -0.1) is 0 Å². The molecule has 0 aliphatic heterocycles. The Bertz CT molecular complexity index is 1830. The van der Waals surface area contributed by atoms with Crippen LogP contribution in [-0.4, -0.2) is 70.0 Å². The fourth-order valence-electron chi connectivity index (χ4n) is 11.4. The highest BCUT2D eigenvalue weighted by Gasteiger charge is 2.22. The quantitative estimate of drug-likeness (QED) is 0.0195. The van der Waals surface area contributed by atoms with Gasteiger partial charge in [0.05, 0.1) is 27.7 Å². The maximum absolute atomic E-state index is 12.9. The summed E-state index contributed by atoms with van der Waals surface area (Å²) in [5, 5.41) is 0. The van der Waals surface area contributed by atoms with Crippen molar-refractivity contribution < 1.29 is 42.1 Å². The second-order valence-corrected chi connectivity index (χ2v) is 29.1. The molecule has 92 heavy (non-hydrogen) atoms. The van der Waals surface area contributed by atoms with Crippen molar-refractivity contribution in [2.24, 2.45) is 0 Å². The summed E-state index contributed by atoms with van der Waals surface area (Å²) >= 11 is 0. The van der Waals surface area contributed by atoms with Crippen LogP contribution in [0.2, 0.25) is 0 Å². The fraction of sp³-hybridized carbons (Fsp3) is 0.805. The largest absolute Gasteiger partial charge is 0.756 e. The number of ether oxygens (including phenoxy) is 2. The Morgan fingerprint density at radius 3 is 0.924 bits per heavy atom. The first-order chi connectivity index (χ1) is 45.0. The van der Waals surface area contributed by atoms with Crippen LogP contribution in [0.1, 0.15) is 373 Å². The van der Waals surface area contributed by atoms with E-state index in [0.717, 1.165) is 83.5 Å². The SMILES string of the molecule is CC/C=C\C/C=C\C/C=C\C/C=C\C/C=C\CCCCCCCCCCCCCC(=O)OC(COC(=O)CCCCCCCCCCCCCCCCCCCCCCCCCCCCCCC/C=C\C/C=C\CCCCCCC)COP(=O)([O-])OCC[N+](C)(C)C. The summed E-state index contributed by atoms with van der Waals surface area (Å²) in [7, 11) is 1.17. The number of hydrogen-bond donors (Lipinski definition) is 0. The van der Waals surface area contributed by atoms with Crippen LogP contribution < -0.4 is 4.89 Å².